The van der Waals surface area contributed by atoms with Gasteiger partial charge < -0.3 is 15.1 Å². The van der Waals surface area contributed by atoms with Crippen molar-refractivity contribution in [2.75, 3.05) is 42.9 Å². The second-order valence-electron chi connectivity index (χ2n) is 6.86. The number of carbonyl (C=O) groups excluding carboxylic acids is 1. The summed E-state index contributed by atoms with van der Waals surface area (Å²) in [6.07, 6.45) is 3.37. The molecule has 138 valence electrons. The molecule has 0 spiro atoms. The smallest absolute Gasteiger partial charge is 0.242 e. The molecule has 1 amide bonds. The molecule has 1 saturated heterocycles. The Morgan fingerprint density at radius 1 is 1.19 bits per heavy atom. The molecule has 7 nitrogen and oxygen atoms in total. The van der Waals surface area contributed by atoms with Crippen molar-refractivity contribution in [3.05, 3.63) is 30.7 Å². The minimum absolute atomic E-state index is 0.154. The number of nitrogens with one attached hydrogen (secondary N) is 1. The van der Waals surface area contributed by atoms with Crippen molar-refractivity contribution >= 4 is 17.5 Å². The van der Waals surface area contributed by atoms with E-state index in [1.165, 1.54) is 0 Å². The summed E-state index contributed by atoms with van der Waals surface area (Å²) in [5.74, 6) is 2.34. The normalized spacial score (nSPS) is 14.8. The maximum atomic E-state index is 12.1. The molecule has 2 aromatic heterocycles. The van der Waals surface area contributed by atoms with Crippen molar-refractivity contribution in [2.24, 2.45) is 5.92 Å². The number of aromatic nitrogens is 3. The van der Waals surface area contributed by atoms with Gasteiger partial charge in [-0.3, -0.25) is 4.79 Å². The van der Waals surface area contributed by atoms with Crippen LogP contribution in [0.3, 0.4) is 0 Å². The fraction of sp³-hybridized carbons (Fsp3) is 0.474. The number of anilines is 2. The third-order valence-corrected chi connectivity index (χ3v) is 4.43. The van der Waals surface area contributed by atoms with Gasteiger partial charge in [-0.1, -0.05) is 13.8 Å². The Bertz CT molecular complexity index is 746. The third kappa shape index (κ3) is 4.28. The minimum atomic E-state index is 0.154. The van der Waals surface area contributed by atoms with Gasteiger partial charge in [0.25, 0.3) is 0 Å². The van der Waals surface area contributed by atoms with Gasteiger partial charge in [-0.05, 0) is 25.0 Å². The van der Waals surface area contributed by atoms with E-state index in [4.69, 9.17) is 0 Å². The van der Waals surface area contributed by atoms with Crippen LogP contribution in [0.5, 0.6) is 0 Å². The third-order valence-electron chi connectivity index (χ3n) is 4.43. The van der Waals surface area contributed by atoms with Crippen molar-refractivity contribution in [3.63, 3.8) is 0 Å². The lowest BCUT2D eigenvalue weighted by atomic mass is 10.2. The molecule has 26 heavy (non-hydrogen) atoms. The number of hydrogen-bond donors (Lipinski definition) is 1. The van der Waals surface area contributed by atoms with Crippen LogP contribution in [0, 0.1) is 5.92 Å². The molecule has 1 aliphatic rings. The Morgan fingerprint density at radius 3 is 2.69 bits per heavy atom. The molecule has 2 aromatic rings. The molecule has 0 aliphatic carbocycles. The molecule has 0 atom stereocenters. The van der Waals surface area contributed by atoms with E-state index in [0.717, 1.165) is 49.1 Å². The fourth-order valence-electron chi connectivity index (χ4n) is 2.88. The predicted octanol–water partition coefficient (Wildman–Crippen LogP) is 2.28. The second kappa shape index (κ2) is 8.12. The molecule has 0 bridgehead atoms. The number of carbonyl (C=O) groups is 1. The monoisotopic (exact) mass is 354 g/mol. The molecule has 3 rings (SSSR count). The van der Waals surface area contributed by atoms with Gasteiger partial charge in [-0.2, -0.15) is 0 Å². The highest BCUT2D eigenvalue weighted by Gasteiger charge is 2.23. The summed E-state index contributed by atoms with van der Waals surface area (Å²) in [7, 11) is 0. The van der Waals surface area contributed by atoms with Crippen molar-refractivity contribution in [2.45, 2.75) is 20.8 Å². The summed E-state index contributed by atoms with van der Waals surface area (Å²) < 4.78 is 0. The lowest BCUT2D eigenvalue weighted by Crippen LogP contribution is -2.50. The Labute approximate surface area is 154 Å². The molecule has 1 aliphatic heterocycles. The average molecular weight is 354 g/mol. The molecule has 3 heterocycles. The molecule has 0 aromatic carbocycles. The number of rotatable bonds is 6. The van der Waals surface area contributed by atoms with Crippen molar-refractivity contribution < 1.29 is 4.79 Å². The number of hydrogen-bond acceptors (Lipinski definition) is 6. The number of nitrogens with zero attached hydrogens (tertiary/aromatic N) is 5. The zero-order chi connectivity index (χ0) is 18.5. The van der Waals surface area contributed by atoms with Crippen LogP contribution in [-0.2, 0) is 4.79 Å². The van der Waals surface area contributed by atoms with Gasteiger partial charge in [0.1, 0.15) is 18.0 Å². The molecule has 1 fully saturated rings. The van der Waals surface area contributed by atoms with Gasteiger partial charge in [0.05, 0.1) is 12.2 Å². The Hall–Kier alpha value is -2.70. The van der Waals surface area contributed by atoms with E-state index in [-0.39, 0.29) is 5.91 Å². The molecule has 0 saturated carbocycles. The summed E-state index contributed by atoms with van der Waals surface area (Å²) in [5, 5.41) is 3.31. The van der Waals surface area contributed by atoms with Crippen molar-refractivity contribution in [1.82, 2.24) is 19.9 Å². The quantitative estimate of drug-likeness (QED) is 0.858. The first kappa shape index (κ1) is 18.1. The first-order valence-electron chi connectivity index (χ1n) is 9.12. The van der Waals surface area contributed by atoms with Crippen LogP contribution in [0.25, 0.3) is 11.3 Å². The highest BCUT2D eigenvalue weighted by atomic mass is 16.2. The molecular weight excluding hydrogens is 328 g/mol. The van der Waals surface area contributed by atoms with E-state index in [1.54, 1.807) is 12.5 Å². The minimum Gasteiger partial charge on any atom is -0.370 e. The topological polar surface area (TPSA) is 74.2 Å². The summed E-state index contributed by atoms with van der Waals surface area (Å²) in [6, 6.07) is 5.88. The molecular formula is C19H26N6O. The van der Waals surface area contributed by atoms with Crippen LogP contribution in [0.4, 0.5) is 11.6 Å². The predicted molar refractivity (Wildman–Crippen MR) is 103 cm³/mol. The average Bonchev–Trinajstić information content (AvgIpc) is 2.66. The van der Waals surface area contributed by atoms with E-state index < -0.39 is 0 Å². The van der Waals surface area contributed by atoms with Crippen molar-refractivity contribution in [1.29, 1.82) is 0 Å². The fourth-order valence-corrected chi connectivity index (χ4v) is 2.88. The van der Waals surface area contributed by atoms with E-state index >= 15 is 0 Å². The highest BCUT2D eigenvalue weighted by molar-refractivity contribution is 5.82. The summed E-state index contributed by atoms with van der Waals surface area (Å²) in [6.45, 7) is 9.89. The Balaban J connectivity index is 1.70. The first-order valence-corrected chi connectivity index (χ1v) is 9.12. The maximum absolute atomic E-state index is 12.1. The van der Waals surface area contributed by atoms with Crippen molar-refractivity contribution in [3.8, 4) is 11.3 Å². The number of likely N-dealkylation sites (N-methyl/N-ethyl adjacent to an activating group) is 1. The van der Waals surface area contributed by atoms with Crippen LogP contribution < -0.4 is 10.2 Å². The Kier molecular flexibility index (Phi) is 5.65. The van der Waals surface area contributed by atoms with Gasteiger partial charge in [-0.15, -0.1) is 0 Å². The van der Waals surface area contributed by atoms with Crippen LogP contribution >= 0.6 is 0 Å². The van der Waals surface area contributed by atoms with Gasteiger partial charge in [0, 0.05) is 44.0 Å². The highest BCUT2D eigenvalue weighted by Crippen LogP contribution is 2.21. The second-order valence-corrected chi connectivity index (χ2v) is 6.86. The number of pyridine rings is 1. The number of piperazine rings is 1. The summed E-state index contributed by atoms with van der Waals surface area (Å²) >= 11 is 0. The zero-order valence-electron chi connectivity index (χ0n) is 15.6. The SMILES string of the molecule is CCN1CCN(c2ccc(-c3cc(NCC(C)C)ncn3)cn2)CC1=O. The van der Waals surface area contributed by atoms with Gasteiger partial charge in [0.2, 0.25) is 5.91 Å². The lowest BCUT2D eigenvalue weighted by molar-refractivity contribution is -0.130. The van der Waals surface area contributed by atoms with Gasteiger partial charge in [-0.25, -0.2) is 15.0 Å². The van der Waals surface area contributed by atoms with E-state index in [1.807, 2.05) is 34.9 Å². The molecule has 7 heteroatoms. The van der Waals surface area contributed by atoms with Crippen LogP contribution in [0.2, 0.25) is 0 Å². The van der Waals surface area contributed by atoms with Crippen LogP contribution in [0.1, 0.15) is 20.8 Å². The largest absolute Gasteiger partial charge is 0.370 e. The zero-order valence-corrected chi connectivity index (χ0v) is 15.6. The molecule has 1 N–H and O–H groups in total. The van der Waals surface area contributed by atoms with Gasteiger partial charge >= 0.3 is 0 Å². The van der Waals surface area contributed by atoms with E-state index in [0.29, 0.717) is 12.5 Å². The Morgan fingerprint density at radius 2 is 2.04 bits per heavy atom. The van der Waals surface area contributed by atoms with E-state index in [2.05, 4.69) is 34.1 Å². The molecule has 0 radical (unpaired) electrons. The molecule has 0 unspecified atom stereocenters. The standard InChI is InChI=1S/C19H26N6O/c1-4-24-7-8-25(12-19(24)26)18-6-5-15(11-21-18)16-9-17(23-13-22-16)20-10-14(2)3/h5-6,9,11,13-14H,4,7-8,10,12H2,1-3H3,(H,20,22,23). The first-order chi connectivity index (χ1) is 12.6. The number of amides is 1. The van der Waals surface area contributed by atoms with Gasteiger partial charge in [0.15, 0.2) is 0 Å². The summed E-state index contributed by atoms with van der Waals surface area (Å²) in [5.41, 5.74) is 1.76. The van der Waals surface area contributed by atoms with E-state index in [9.17, 15) is 4.79 Å². The summed E-state index contributed by atoms with van der Waals surface area (Å²) in [4.78, 5) is 29.1. The maximum Gasteiger partial charge on any atom is 0.242 e. The van der Waals surface area contributed by atoms with Crippen LogP contribution in [0.15, 0.2) is 30.7 Å². The lowest BCUT2D eigenvalue weighted by Gasteiger charge is -2.34. The van der Waals surface area contributed by atoms with Crippen LogP contribution in [-0.4, -0.2) is 58.5 Å².